The van der Waals surface area contributed by atoms with Gasteiger partial charge in [-0.25, -0.2) is 4.39 Å². The molecule has 1 N–H and O–H groups in total. The van der Waals surface area contributed by atoms with Crippen LogP contribution in [0.4, 0.5) is 4.39 Å². The lowest BCUT2D eigenvalue weighted by atomic mass is 9.96. The number of hydrogen-bond donors (Lipinski definition) is 1. The second-order valence-corrected chi connectivity index (χ2v) is 6.50. The van der Waals surface area contributed by atoms with Gasteiger partial charge >= 0.3 is 0 Å². The van der Waals surface area contributed by atoms with Crippen LogP contribution in [0, 0.1) is 12.7 Å². The number of nitrogens with one attached hydrogen (secondary N) is 1. The highest BCUT2D eigenvalue weighted by Gasteiger charge is 2.21. The van der Waals surface area contributed by atoms with E-state index in [-0.39, 0.29) is 11.9 Å². The monoisotopic (exact) mass is 415 g/mol. The summed E-state index contributed by atoms with van der Waals surface area (Å²) < 4.78 is 21.5. The lowest BCUT2D eigenvalue weighted by molar-refractivity contribution is 0.404. The summed E-state index contributed by atoms with van der Waals surface area (Å²) in [5, 5.41) is 3.16. The number of hydrogen-bond acceptors (Lipinski definition) is 2. The molecule has 21 heavy (non-hydrogen) atoms. The maximum atomic E-state index is 14.2. The lowest BCUT2D eigenvalue weighted by Crippen LogP contribution is -2.20. The van der Waals surface area contributed by atoms with Crippen molar-refractivity contribution >= 4 is 31.9 Å². The first-order valence-corrected chi connectivity index (χ1v) is 8.02. The summed E-state index contributed by atoms with van der Waals surface area (Å²) >= 11 is 6.92. The molecule has 112 valence electrons. The largest absolute Gasteiger partial charge is 0.496 e. The molecule has 0 bridgehead atoms. The Morgan fingerprint density at radius 1 is 1.14 bits per heavy atom. The standard InChI is InChI=1S/C16H16Br2FNO/c1-9-6-15(21-3)12(8-13(9)18)16(20-2)11-7-10(17)4-5-14(11)19/h4-8,16,20H,1-3H3. The minimum atomic E-state index is -0.297. The van der Waals surface area contributed by atoms with Gasteiger partial charge in [0.05, 0.1) is 13.2 Å². The Morgan fingerprint density at radius 3 is 2.48 bits per heavy atom. The molecule has 2 aromatic rings. The second kappa shape index (κ2) is 6.90. The van der Waals surface area contributed by atoms with Gasteiger partial charge in [0, 0.05) is 20.1 Å². The molecule has 0 saturated carbocycles. The lowest BCUT2D eigenvalue weighted by Gasteiger charge is -2.21. The van der Waals surface area contributed by atoms with Crippen molar-refractivity contribution in [3.8, 4) is 5.75 Å². The van der Waals surface area contributed by atoms with E-state index in [1.165, 1.54) is 6.07 Å². The predicted molar refractivity (Wildman–Crippen MR) is 90.4 cm³/mol. The molecule has 0 heterocycles. The third-order valence-corrected chi connectivity index (χ3v) is 4.73. The molecule has 0 saturated heterocycles. The molecule has 5 heteroatoms. The Bertz CT molecular complexity index is 661. The highest BCUT2D eigenvalue weighted by atomic mass is 79.9. The van der Waals surface area contributed by atoms with E-state index in [4.69, 9.17) is 4.74 Å². The molecule has 0 aliphatic heterocycles. The van der Waals surface area contributed by atoms with Crippen molar-refractivity contribution in [2.24, 2.45) is 0 Å². The molecule has 0 fully saturated rings. The zero-order valence-corrected chi connectivity index (χ0v) is 15.2. The second-order valence-electron chi connectivity index (χ2n) is 4.73. The third kappa shape index (κ3) is 3.47. The van der Waals surface area contributed by atoms with Gasteiger partial charge in [0.2, 0.25) is 0 Å². The van der Waals surface area contributed by atoms with Gasteiger partial charge in [-0.15, -0.1) is 0 Å². The van der Waals surface area contributed by atoms with Crippen LogP contribution in [-0.2, 0) is 0 Å². The molecular weight excluding hydrogens is 401 g/mol. The van der Waals surface area contributed by atoms with Crippen molar-refractivity contribution < 1.29 is 9.13 Å². The van der Waals surface area contributed by atoms with Gasteiger partial charge < -0.3 is 10.1 Å². The topological polar surface area (TPSA) is 21.3 Å². The van der Waals surface area contributed by atoms with Crippen molar-refractivity contribution in [1.29, 1.82) is 0 Å². The van der Waals surface area contributed by atoms with E-state index in [0.29, 0.717) is 5.56 Å². The Balaban J connectivity index is 2.61. The zero-order valence-electron chi connectivity index (χ0n) is 12.0. The summed E-state index contributed by atoms with van der Waals surface area (Å²) in [5.74, 6) is 0.478. The van der Waals surface area contributed by atoms with Crippen LogP contribution in [0.1, 0.15) is 22.7 Å². The molecule has 2 rings (SSSR count). The highest BCUT2D eigenvalue weighted by Crippen LogP contribution is 2.35. The van der Waals surface area contributed by atoms with Crippen molar-refractivity contribution in [3.63, 3.8) is 0 Å². The molecule has 0 aliphatic carbocycles. The van der Waals surface area contributed by atoms with Gasteiger partial charge in [-0.3, -0.25) is 0 Å². The van der Waals surface area contributed by atoms with Gasteiger partial charge in [0.15, 0.2) is 0 Å². The van der Waals surface area contributed by atoms with Crippen LogP contribution in [0.5, 0.6) is 5.75 Å². The molecule has 0 aliphatic rings. The molecule has 0 amide bonds. The first-order chi connectivity index (χ1) is 9.97. The normalized spacial score (nSPS) is 12.3. The summed E-state index contributed by atoms with van der Waals surface area (Å²) in [7, 11) is 3.42. The van der Waals surface area contributed by atoms with E-state index in [9.17, 15) is 4.39 Å². The fraction of sp³-hybridized carbons (Fsp3) is 0.250. The summed E-state index contributed by atoms with van der Waals surface area (Å²) in [6.45, 7) is 1.99. The number of benzene rings is 2. The average Bonchev–Trinajstić information content (AvgIpc) is 2.46. The number of halogens is 3. The molecule has 1 unspecified atom stereocenters. The van der Waals surface area contributed by atoms with E-state index >= 15 is 0 Å². The molecule has 2 nitrogen and oxygen atoms in total. The van der Waals surface area contributed by atoms with Crippen LogP contribution in [0.3, 0.4) is 0 Å². The zero-order chi connectivity index (χ0) is 15.6. The average molecular weight is 417 g/mol. The predicted octanol–water partition coefficient (Wildman–Crippen LogP) is 4.98. The van der Waals surface area contributed by atoms with Gasteiger partial charge in [0.25, 0.3) is 0 Å². The van der Waals surface area contributed by atoms with Crippen LogP contribution in [0.2, 0.25) is 0 Å². The van der Waals surface area contributed by atoms with E-state index in [1.807, 2.05) is 19.1 Å². The quantitative estimate of drug-likeness (QED) is 0.759. The molecule has 1 atom stereocenters. The smallest absolute Gasteiger partial charge is 0.128 e. The molecule has 2 aromatic carbocycles. The van der Waals surface area contributed by atoms with Gasteiger partial charge in [-0.05, 0) is 49.9 Å². The first-order valence-electron chi connectivity index (χ1n) is 6.44. The Morgan fingerprint density at radius 2 is 1.86 bits per heavy atom. The number of methoxy groups -OCH3 is 1. The fourth-order valence-electron chi connectivity index (χ4n) is 2.29. The van der Waals surface area contributed by atoms with Crippen molar-refractivity contribution in [1.82, 2.24) is 5.32 Å². The van der Waals surface area contributed by atoms with Crippen molar-refractivity contribution in [3.05, 3.63) is 61.8 Å². The van der Waals surface area contributed by atoms with Crippen LogP contribution < -0.4 is 10.1 Å². The van der Waals surface area contributed by atoms with E-state index in [2.05, 4.69) is 37.2 Å². The molecule has 0 aromatic heterocycles. The summed E-state index contributed by atoms with van der Waals surface area (Å²) in [6, 6.07) is 8.54. The van der Waals surface area contributed by atoms with Crippen LogP contribution in [-0.4, -0.2) is 14.2 Å². The van der Waals surface area contributed by atoms with Gasteiger partial charge in [0.1, 0.15) is 11.6 Å². The summed E-state index contributed by atoms with van der Waals surface area (Å²) in [4.78, 5) is 0. The first kappa shape index (κ1) is 16.5. The highest BCUT2D eigenvalue weighted by molar-refractivity contribution is 9.10. The summed E-state index contributed by atoms with van der Waals surface area (Å²) in [5.41, 5.74) is 2.52. The van der Waals surface area contributed by atoms with Crippen LogP contribution in [0.25, 0.3) is 0 Å². The Kier molecular flexibility index (Phi) is 5.41. The van der Waals surface area contributed by atoms with E-state index < -0.39 is 0 Å². The van der Waals surface area contributed by atoms with E-state index in [1.54, 1.807) is 26.3 Å². The van der Waals surface area contributed by atoms with Gasteiger partial charge in [-0.1, -0.05) is 31.9 Å². The van der Waals surface area contributed by atoms with Gasteiger partial charge in [-0.2, -0.15) is 0 Å². The SMILES string of the molecule is CNC(c1cc(Br)ccc1F)c1cc(Br)c(C)cc1OC. The van der Waals surface area contributed by atoms with Crippen LogP contribution in [0.15, 0.2) is 39.3 Å². The number of ether oxygens (including phenoxy) is 1. The van der Waals surface area contributed by atoms with Crippen LogP contribution >= 0.6 is 31.9 Å². The van der Waals surface area contributed by atoms with E-state index in [0.717, 1.165) is 25.8 Å². The maximum Gasteiger partial charge on any atom is 0.128 e. The molecular formula is C16H16Br2FNO. The Labute approximate surface area is 141 Å². The maximum absolute atomic E-state index is 14.2. The third-order valence-electron chi connectivity index (χ3n) is 3.38. The Hall–Kier alpha value is -0.910. The molecule has 0 radical (unpaired) electrons. The molecule has 0 spiro atoms. The summed E-state index contributed by atoms with van der Waals surface area (Å²) in [6.07, 6.45) is 0. The fourth-order valence-corrected chi connectivity index (χ4v) is 3.03. The van der Waals surface area contributed by atoms with Crippen molar-refractivity contribution in [2.75, 3.05) is 14.2 Å². The van der Waals surface area contributed by atoms with Crippen molar-refractivity contribution in [2.45, 2.75) is 13.0 Å². The number of rotatable bonds is 4. The minimum absolute atomic E-state index is 0.253. The number of aryl methyl sites for hydroxylation is 1. The minimum Gasteiger partial charge on any atom is -0.496 e.